The third kappa shape index (κ3) is 4.59. The Labute approximate surface area is 126 Å². The number of fused-ring (bicyclic) bond motifs is 1. The maximum absolute atomic E-state index is 10.4. The molecule has 1 heterocycles. The van der Waals surface area contributed by atoms with Gasteiger partial charge in [-0.2, -0.15) is 0 Å². The second kappa shape index (κ2) is 8.22. The van der Waals surface area contributed by atoms with E-state index in [0.29, 0.717) is 26.4 Å². The van der Waals surface area contributed by atoms with Crippen molar-refractivity contribution in [3.05, 3.63) is 23.8 Å². The zero-order valence-electron chi connectivity index (χ0n) is 12.9. The minimum Gasteiger partial charge on any atom is -0.486 e. The molecule has 0 aromatic heterocycles. The van der Waals surface area contributed by atoms with E-state index in [4.69, 9.17) is 14.2 Å². The molecule has 1 aliphatic rings. The topological polar surface area (TPSA) is 51.2 Å². The van der Waals surface area contributed by atoms with Crippen molar-refractivity contribution < 1.29 is 19.3 Å². The van der Waals surface area contributed by atoms with E-state index in [9.17, 15) is 5.11 Å². The molecule has 1 aromatic rings. The molecule has 0 radical (unpaired) electrons. The number of aliphatic hydroxyl groups is 1. The standard InChI is InChI=1S/C16H25NO4/c1-3-17(7-8-19-4-2)12-14(18)13-5-6-15-16(11-13)21-10-9-20-15/h5-6,11,14,18H,3-4,7-10,12H2,1-2H3. The summed E-state index contributed by atoms with van der Waals surface area (Å²) >= 11 is 0. The van der Waals surface area contributed by atoms with Gasteiger partial charge in [0, 0.05) is 19.7 Å². The molecule has 1 atom stereocenters. The van der Waals surface area contributed by atoms with Gasteiger partial charge < -0.3 is 19.3 Å². The maximum Gasteiger partial charge on any atom is 0.161 e. The number of likely N-dealkylation sites (N-methyl/N-ethyl adjacent to an activating group) is 1. The highest BCUT2D eigenvalue weighted by Crippen LogP contribution is 2.32. The van der Waals surface area contributed by atoms with E-state index in [1.165, 1.54) is 0 Å². The molecule has 1 aliphatic heterocycles. The molecule has 1 aromatic carbocycles. The molecule has 2 rings (SSSR count). The average Bonchev–Trinajstić information content (AvgIpc) is 2.53. The Kier molecular flexibility index (Phi) is 6.29. The normalized spacial score (nSPS) is 15.2. The minimum atomic E-state index is -0.539. The number of hydrogen-bond donors (Lipinski definition) is 1. The Morgan fingerprint density at radius 3 is 2.71 bits per heavy atom. The van der Waals surface area contributed by atoms with E-state index in [-0.39, 0.29) is 0 Å². The summed E-state index contributed by atoms with van der Waals surface area (Å²) in [4.78, 5) is 2.18. The third-order valence-corrected chi connectivity index (χ3v) is 3.59. The zero-order chi connectivity index (χ0) is 15.1. The molecule has 1 N–H and O–H groups in total. The Hall–Kier alpha value is -1.30. The first-order chi connectivity index (χ1) is 10.2. The maximum atomic E-state index is 10.4. The summed E-state index contributed by atoms with van der Waals surface area (Å²) in [6.07, 6.45) is -0.539. The van der Waals surface area contributed by atoms with Gasteiger partial charge in [0.1, 0.15) is 13.2 Å². The highest BCUT2D eigenvalue weighted by atomic mass is 16.6. The van der Waals surface area contributed by atoms with E-state index < -0.39 is 6.10 Å². The van der Waals surface area contributed by atoms with Crippen molar-refractivity contribution in [2.24, 2.45) is 0 Å². The van der Waals surface area contributed by atoms with Crippen LogP contribution in [0.3, 0.4) is 0 Å². The molecular weight excluding hydrogens is 270 g/mol. The summed E-state index contributed by atoms with van der Waals surface area (Å²) in [7, 11) is 0. The van der Waals surface area contributed by atoms with Crippen molar-refractivity contribution >= 4 is 0 Å². The fourth-order valence-corrected chi connectivity index (χ4v) is 2.33. The fraction of sp³-hybridized carbons (Fsp3) is 0.625. The van der Waals surface area contributed by atoms with Crippen LogP contribution in [0.15, 0.2) is 18.2 Å². The van der Waals surface area contributed by atoms with Crippen LogP contribution >= 0.6 is 0 Å². The molecule has 5 heteroatoms. The predicted octanol–water partition coefficient (Wildman–Crippen LogP) is 1.85. The van der Waals surface area contributed by atoms with Gasteiger partial charge in [0.25, 0.3) is 0 Å². The molecule has 118 valence electrons. The molecule has 0 spiro atoms. The molecule has 0 saturated heterocycles. The van der Waals surface area contributed by atoms with Crippen LogP contribution in [-0.2, 0) is 4.74 Å². The van der Waals surface area contributed by atoms with Crippen LogP contribution in [0, 0.1) is 0 Å². The van der Waals surface area contributed by atoms with Crippen molar-refractivity contribution in [2.45, 2.75) is 20.0 Å². The summed E-state index contributed by atoms with van der Waals surface area (Å²) in [5.74, 6) is 1.47. The Morgan fingerprint density at radius 1 is 1.24 bits per heavy atom. The SMILES string of the molecule is CCOCCN(CC)CC(O)c1ccc2c(c1)OCCO2. The summed E-state index contributed by atoms with van der Waals surface area (Å²) in [5, 5.41) is 10.4. The molecule has 0 fully saturated rings. The monoisotopic (exact) mass is 295 g/mol. The Balaban J connectivity index is 1.93. The van der Waals surface area contributed by atoms with Crippen molar-refractivity contribution in [2.75, 3.05) is 46.1 Å². The van der Waals surface area contributed by atoms with Gasteiger partial charge in [0.05, 0.1) is 12.7 Å². The van der Waals surface area contributed by atoms with Gasteiger partial charge in [-0.3, -0.25) is 4.90 Å². The summed E-state index contributed by atoms with van der Waals surface area (Å²) in [6, 6.07) is 5.63. The van der Waals surface area contributed by atoms with Crippen LogP contribution in [0.4, 0.5) is 0 Å². The molecule has 0 amide bonds. The Morgan fingerprint density at radius 2 is 2.00 bits per heavy atom. The molecule has 0 bridgehead atoms. The lowest BCUT2D eigenvalue weighted by molar-refractivity contribution is 0.0789. The van der Waals surface area contributed by atoms with Gasteiger partial charge in [0.2, 0.25) is 0 Å². The number of ether oxygens (including phenoxy) is 3. The number of benzene rings is 1. The van der Waals surface area contributed by atoms with E-state index in [0.717, 1.165) is 36.8 Å². The molecular formula is C16H25NO4. The quantitative estimate of drug-likeness (QED) is 0.742. The van der Waals surface area contributed by atoms with Crippen molar-refractivity contribution in [1.29, 1.82) is 0 Å². The number of aliphatic hydroxyl groups excluding tert-OH is 1. The van der Waals surface area contributed by atoms with Gasteiger partial charge in [0.15, 0.2) is 11.5 Å². The van der Waals surface area contributed by atoms with Gasteiger partial charge >= 0.3 is 0 Å². The van der Waals surface area contributed by atoms with E-state index in [2.05, 4.69) is 11.8 Å². The van der Waals surface area contributed by atoms with Gasteiger partial charge in [-0.05, 0) is 31.2 Å². The summed E-state index contributed by atoms with van der Waals surface area (Å²) < 4.78 is 16.4. The molecule has 1 unspecified atom stereocenters. The first-order valence-corrected chi connectivity index (χ1v) is 7.62. The molecule has 21 heavy (non-hydrogen) atoms. The largest absolute Gasteiger partial charge is 0.486 e. The summed E-state index contributed by atoms with van der Waals surface area (Å²) in [6.45, 7) is 8.92. The summed E-state index contributed by atoms with van der Waals surface area (Å²) in [5.41, 5.74) is 0.856. The van der Waals surface area contributed by atoms with Crippen molar-refractivity contribution in [3.63, 3.8) is 0 Å². The van der Waals surface area contributed by atoms with Crippen LogP contribution in [-0.4, -0.2) is 56.1 Å². The van der Waals surface area contributed by atoms with Crippen molar-refractivity contribution in [1.82, 2.24) is 4.90 Å². The predicted molar refractivity (Wildman–Crippen MR) is 81.0 cm³/mol. The van der Waals surface area contributed by atoms with Crippen LogP contribution < -0.4 is 9.47 Å². The molecule has 5 nitrogen and oxygen atoms in total. The van der Waals surface area contributed by atoms with Crippen LogP contribution in [0.1, 0.15) is 25.5 Å². The van der Waals surface area contributed by atoms with E-state index in [1.54, 1.807) is 0 Å². The first-order valence-electron chi connectivity index (χ1n) is 7.62. The van der Waals surface area contributed by atoms with Crippen LogP contribution in [0.2, 0.25) is 0 Å². The minimum absolute atomic E-state index is 0.539. The highest BCUT2D eigenvalue weighted by Gasteiger charge is 2.17. The lowest BCUT2D eigenvalue weighted by Crippen LogP contribution is -2.31. The van der Waals surface area contributed by atoms with E-state index in [1.807, 2.05) is 25.1 Å². The van der Waals surface area contributed by atoms with Crippen LogP contribution in [0.5, 0.6) is 11.5 Å². The van der Waals surface area contributed by atoms with Gasteiger partial charge in [-0.15, -0.1) is 0 Å². The average molecular weight is 295 g/mol. The molecule has 0 saturated carbocycles. The van der Waals surface area contributed by atoms with E-state index >= 15 is 0 Å². The Bertz CT molecular complexity index is 438. The smallest absolute Gasteiger partial charge is 0.161 e. The fourth-order valence-electron chi connectivity index (χ4n) is 2.33. The number of rotatable bonds is 8. The first kappa shape index (κ1) is 16.1. The lowest BCUT2D eigenvalue weighted by Gasteiger charge is -2.25. The second-order valence-electron chi connectivity index (χ2n) is 5.01. The van der Waals surface area contributed by atoms with Gasteiger partial charge in [-0.25, -0.2) is 0 Å². The van der Waals surface area contributed by atoms with Crippen LogP contribution in [0.25, 0.3) is 0 Å². The number of hydrogen-bond acceptors (Lipinski definition) is 5. The number of nitrogens with zero attached hydrogens (tertiary/aromatic N) is 1. The second-order valence-corrected chi connectivity index (χ2v) is 5.01. The zero-order valence-corrected chi connectivity index (χ0v) is 12.9. The molecule has 0 aliphatic carbocycles. The van der Waals surface area contributed by atoms with Crippen molar-refractivity contribution in [3.8, 4) is 11.5 Å². The van der Waals surface area contributed by atoms with Gasteiger partial charge in [-0.1, -0.05) is 13.0 Å². The highest BCUT2D eigenvalue weighted by molar-refractivity contribution is 5.44. The third-order valence-electron chi connectivity index (χ3n) is 3.59. The lowest BCUT2D eigenvalue weighted by atomic mass is 10.1.